The fraction of sp³-hybridized carbons (Fsp3) is 0.0192. The average Bonchev–Trinajstić information content (AvgIpc) is 3.79. The molecule has 8 aromatic carbocycles. The minimum Gasteiger partial charge on any atom is -0.309 e. The first kappa shape index (κ1) is 32.8. The number of aryl methyl sites for hydroxylation is 1. The van der Waals surface area contributed by atoms with Crippen LogP contribution in [0.1, 0.15) is 5.56 Å². The maximum absolute atomic E-state index is 5.09. The predicted molar refractivity (Wildman–Crippen MR) is 235 cm³/mol. The molecule has 3 aromatic heterocycles. The molecule has 0 aliphatic carbocycles. The summed E-state index contributed by atoms with van der Waals surface area (Å²) in [5, 5.41) is 4.93. The quantitative estimate of drug-likeness (QED) is 0.171. The van der Waals surface area contributed by atoms with E-state index in [4.69, 9.17) is 15.0 Å². The monoisotopic (exact) mass is 729 g/mol. The lowest BCUT2D eigenvalue weighted by Crippen LogP contribution is -2.01. The van der Waals surface area contributed by atoms with Crippen molar-refractivity contribution in [3.63, 3.8) is 0 Å². The minimum atomic E-state index is 0.631. The molecule has 0 aliphatic rings. The lowest BCUT2D eigenvalue weighted by atomic mass is 10.0. The van der Waals surface area contributed by atoms with Crippen molar-refractivity contribution < 1.29 is 0 Å². The van der Waals surface area contributed by atoms with Gasteiger partial charge in [-0.15, -0.1) is 0 Å². The van der Waals surface area contributed by atoms with Crippen LogP contribution in [-0.4, -0.2) is 24.1 Å². The van der Waals surface area contributed by atoms with Gasteiger partial charge in [0.1, 0.15) is 0 Å². The van der Waals surface area contributed by atoms with Gasteiger partial charge in [0.25, 0.3) is 0 Å². The molecular formula is C52H35N5. The van der Waals surface area contributed by atoms with Gasteiger partial charge in [-0.3, -0.25) is 0 Å². The molecule has 0 bridgehead atoms. The summed E-state index contributed by atoms with van der Waals surface area (Å²) in [4.78, 5) is 15.2. The highest BCUT2D eigenvalue weighted by Gasteiger charge is 2.18. The third-order valence-corrected chi connectivity index (χ3v) is 11.0. The fourth-order valence-corrected chi connectivity index (χ4v) is 8.35. The molecule has 11 aromatic rings. The summed E-state index contributed by atoms with van der Waals surface area (Å²) >= 11 is 0. The van der Waals surface area contributed by atoms with Crippen molar-refractivity contribution in [3.8, 4) is 56.7 Å². The van der Waals surface area contributed by atoms with Crippen molar-refractivity contribution in [2.24, 2.45) is 0 Å². The number of fused-ring (bicyclic) bond motifs is 6. The molecule has 5 nitrogen and oxygen atoms in total. The van der Waals surface area contributed by atoms with Crippen LogP contribution < -0.4 is 0 Å². The molecule has 0 aliphatic heterocycles. The first-order valence-corrected chi connectivity index (χ1v) is 19.3. The summed E-state index contributed by atoms with van der Waals surface area (Å²) in [6.45, 7) is 2.09. The highest BCUT2D eigenvalue weighted by atomic mass is 15.0. The van der Waals surface area contributed by atoms with Gasteiger partial charge in [0.2, 0.25) is 0 Å². The van der Waals surface area contributed by atoms with Crippen LogP contribution in [0, 0.1) is 6.92 Å². The molecule has 0 saturated heterocycles. The summed E-state index contributed by atoms with van der Waals surface area (Å²) in [5.41, 5.74) is 13.2. The average molecular weight is 730 g/mol. The molecule has 0 fully saturated rings. The zero-order valence-corrected chi connectivity index (χ0v) is 31.2. The van der Waals surface area contributed by atoms with E-state index in [9.17, 15) is 0 Å². The van der Waals surface area contributed by atoms with E-state index in [-0.39, 0.29) is 0 Å². The summed E-state index contributed by atoms with van der Waals surface area (Å²) < 4.78 is 4.74. The molecule has 0 radical (unpaired) electrons. The Morgan fingerprint density at radius 1 is 0.298 bits per heavy atom. The summed E-state index contributed by atoms with van der Waals surface area (Å²) in [6, 6.07) is 68.6. The second kappa shape index (κ2) is 13.3. The molecule has 0 spiro atoms. The largest absolute Gasteiger partial charge is 0.309 e. The van der Waals surface area contributed by atoms with Crippen LogP contribution in [0.5, 0.6) is 0 Å². The Morgan fingerprint density at radius 2 is 0.754 bits per heavy atom. The molecule has 268 valence electrons. The number of aromatic nitrogens is 5. The topological polar surface area (TPSA) is 48.5 Å². The third-order valence-electron chi connectivity index (χ3n) is 11.0. The van der Waals surface area contributed by atoms with Gasteiger partial charge in [0, 0.05) is 49.6 Å². The van der Waals surface area contributed by atoms with Crippen molar-refractivity contribution >= 4 is 43.6 Å². The van der Waals surface area contributed by atoms with E-state index in [0.717, 1.165) is 55.8 Å². The molecule has 0 unspecified atom stereocenters. The van der Waals surface area contributed by atoms with Gasteiger partial charge in [-0.05, 0) is 90.8 Å². The number of hydrogen-bond acceptors (Lipinski definition) is 3. The summed E-state index contributed by atoms with van der Waals surface area (Å²) in [7, 11) is 0. The molecule has 0 atom stereocenters. The third kappa shape index (κ3) is 5.59. The van der Waals surface area contributed by atoms with E-state index in [0.29, 0.717) is 17.5 Å². The Kier molecular flexibility index (Phi) is 7.64. The van der Waals surface area contributed by atoms with Crippen LogP contribution in [0.25, 0.3) is 100 Å². The van der Waals surface area contributed by atoms with Crippen LogP contribution in [-0.2, 0) is 0 Å². The van der Waals surface area contributed by atoms with Gasteiger partial charge in [0.05, 0.1) is 22.1 Å². The molecular weight excluding hydrogens is 695 g/mol. The van der Waals surface area contributed by atoms with Gasteiger partial charge in [-0.2, -0.15) is 0 Å². The maximum atomic E-state index is 5.09. The highest BCUT2D eigenvalue weighted by Crippen LogP contribution is 2.37. The van der Waals surface area contributed by atoms with Crippen molar-refractivity contribution in [1.29, 1.82) is 0 Å². The van der Waals surface area contributed by atoms with Crippen LogP contribution in [0.3, 0.4) is 0 Å². The molecule has 0 N–H and O–H groups in total. The van der Waals surface area contributed by atoms with E-state index in [1.807, 2.05) is 6.07 Å². The second-order valence-electron chi connectivity index (χ2n) is 14.6. The molecule has 57 heavy (non-hydrogen) atoms. The van der Waals surface area contributed by atoms with E-state index in [2.05, 4.69) is 204 Å². The molecule has 0 saturated carbocycles. The number of para-hydroxylation sites is 3. The Morgan fingerprint density at radius 3 is 1.39 bits per heavy atom. The lowest BCUT2D eigenvalue weighted by Gasteiger charge is -2.12. The Hall–Kier alpha value is -7.63. The van der Waals surface area contributed by atoms with Crippen molar-refractivity contribution in [2.75, 3.05) is 0 Å². The van der Waals surface area contributed by atoms with E-state index in [1.54, 1.807) is 0 Å². The van der Waals surface area contributed by atoms with Crippen molar-refractivity contribution in [3.05, 3.63) is 200 Å². The molecule has 3 heterocycles. The van der Waals surface area contributed by atoms with E-state index >= 15 is 0 Å². The predicted octanol–water partition coefficient (Wildman–Crippen LogP) is 13.0. The Bertz CT molecular complexity index is 3250. The van der Waals surface area contributed by atoms with Crippen LogP contribution >= 0.6 is 0 Å². The molecule has 11 rings (SSSR count). The highest BCUT2D eigenvalue weighted by molar-refractivity contribution is 6.12. The van der Waals surface area contributed by atoms with E-state index in [1.165, 1.54) is 32.6 Å². The minimum absolute atomic E-state index is 0.631. The normalized spacial score (nSPS) is 11.6. The molecule has 0 amide bonds. The van der Waals surface area contributed by atoms with Gasteiger partial charge >= 0.3 is 0 Å². The van der Waals surface area contributed by atoms with Crippen molar-refractivity contribution in [2.45, 2.75) is 6.92 Å². The van der Waals surface area contributed by atoms with Crippen LogP contribution in [0.15, 0.2) is 194 Å². The van der Waals surface area contributed by atoms with E-state index < -0.39 is 0 Å². The van der Waals surface area contributed by atoms with Gasteiger partial charge < -0.3 is 9.13 Å². The zero-order chi connectivity index (χ0) is 37.9. The summed E-state index contributed by atoms with van der Waals surface area (Å²) in [5.74, 6) is 1.92. The molecule has 5 heteroatoms. The number of benzene rings is 8. The first-order chi connectivity index (χ1) is 28.2. The lowest BCUT2D eigenvalue weighted by molar-refractivity contribution is 1.07. The Balaban J connectivity index is 1.03. The smallest absolute Gasteiger partial charge is 0.164 e. The van der Waals surface area contributed by atoms with Crippen LogP contribution in [0.2, 0.25) is 0 Å². The van der Waals surface area contributed by atoms with Crippen molar-refractivity contribution in [1.82, 2.24) is 24.1 Å². The Labute approximate surface area is 329 Å². The number of rotatable bonds is 6. The second-order valence-corrected chi connectivity index (χ2v) is 14.6. The standard InChI is InChI=1S/C52H35N5/c1-34-13-11-17-38(31-34)51-53-50(54-52(55-51)39-18-12-16-37(32-39)35-14-3-2-4-15-35)36-25-27-40(28-26-36)56-48-24-10-7-21-44(48)45-33-41(29-30-49(45)56)57-46-22-8-5-19-42(46)43-20-6-9-23-47(43)57/h2-33H,1H3. The van der Waals surface area contributed by atoms with Gasteiger partial charge in [-0.25, -0.2) is 15.0 Å². The van der Waals surface area contributed by atoms with Crippen LogP contribution in [0.4, 0.5) is 0 Å². The van der Waals surface area contributed by atoms with Gasteiger partial charge in [0.15, 0.2) is 17.5 Å². The maximum Gasteiger partial charge on any atom is 0.164 e. The summed E-state index contributed by atoms with van der Waals surface area (Å²) in [6.07, 6.45) is 0. The fourth-order valence-electron chi connectivity index (χ4n) is 8.35. The zero-order valence-electron chi connectivity index (χ0n) is 31.2. The van der Waals surface area contributed by atoms with Gasteiger partial charge in [-0.1, -0.05) is 127 Å². The first-order valence-electron chi connectivity index (χ1n) is 19.3. The SMILES string of the molecule is Cc1cccc(-c2nc(-c3ccc(-n4c5ccccc5c5cc(-n6c7ccccc7c7ccccc76)ccc54)cc3)nc(-c3cccc(-c4ccccc4)c3)n2)c1. The number of hydrogen-bond donors (Lipinski definition) is 0. The number of nitrogens with zero attached hydrogens (tertiary/aromatic N) is 5.